The summed E-state index contributed by atoms with van der Waals surface area (Å²) < 4.78 is 70.8. The van der Waals surface area contributed by atoms with Gasteiger partial charge in [-0.15, -0.1) is 11.3 Å². The van der Waals surface area contributed by atoms with E-state index in [0.717, 1.165) is 29.0 Å². The van der Waals surface area contributed by atoms with Gasteiger partial charge in [0.1, 0.15) is 4.21 Å². The summed E-state index contributed by atoms with van der Waals surface area (Å²) in [6, 6.07) is 13.0. The largest absolute Gasteiger partial charge is 0.439 e. The van der Waals surface area contributed by atoms with Crippen LogP contribution in [0.15, 0.2) is 68.1 Å². The maximum Gasteiger partial charge on any atom is 0.439 e. The summed E-state index contributed by atoms with van der Waals surface area (Å²) in [5.41, 5.74) is 1.89. The molecule has 0 saturated heterocycles. The minimum Gasteiger partial charge on any atom is -0.296 e. The second kappa shape index (κ2) is 7.59. The number of sulfonamides is 1. The van der Waals surface area contributed by atoms with Crippen molar-refractivity contribution in [3.05, 3.63) is 76.3 Å². The summed E-state index contributed by atoms with van der Waals surface area (Å²) in [6.07, 6.45) is -3.94. The SMILES string of the molecule is O=c1[nH]c(-c2ccc(S(=O)(=O)N3CCc4cc(-c5ccc(C(F)(F)F)cc5)ccc43)s2)no1. The Kier molecular flexibility index (Phi) is 4.94. The Morgan fingerprint density at radius 1 is 1.03 bits per heavy atom. The van der Waals surface area contributed by atoms with Crippen LogP contribution in [0.25, 0.3) is 21.8 Å². The van der Waals surface area contributed by atoms with Crippen LogP contribution < -0.4 is 10.1 Å². The van der Waals surface area contributed by atoms with Gasteiger partial charge in [0.05, 0.1) is 16.1 Å². The van der Waals surface area contributed by atoms with E-state index in [1.165, 1.54) is 28.6 Å². The molecule has 0 saturated carbocycles. The molecule has 0 bridgehead atoms. The summed E-state index contributed by atoms with van der Waals surface area (Å²) in [5, 5.41) is 3.57. The summed E-state index contributed by atoms with van der Waals surface area (Å²) in [7, 11) is -3.86. The number of aromatic nitrogens is 2. The quantitative estimate of drug-likeness (QED) is 0.451. The van der Waals surface area contributed by atoms with Crippen molar-refractivity contribution >= 4 is 27.0 Å². The number of hydrogen-bond donors (Lipinski definition) is 1. The van der Waals surface area contributed by atoms with E-state index in [1.54, 1.807) is 18.2 Å². The summed E-state index contributed by atoms with van der Waals surface area (Å²) in [5.74, 6) is -0.588. The zero-order valence-corrected chi connectivity index (χ0v) is 18.2. The topological polar surface area (TPSA) is 96.3 Å². The maximum atomic E-state index is 13.2. The average Bonchev–Trinajstić information content (AvgIpc) is 3.52. The molecule has 0 aliphatic carbocycles. The van der Waals surface area contributed by atoms with E-state index < -0.39 is 27.5 Å². The molecule has 0 atom stereocenters. The van der Waals surface area contributed by atoms with Crippen molar-refractivity contribution in [1.29, 1.82) is 0 Å². The number of H-pyrrole nitrogens is 1. The fourth-order valence-electron chi connectivity index (χ4n) is 3.68. The van der Waals surface area contributed by atoms with Crippen LogP contribution in [0.1, 0.15) is 11.1 Å². The van der Waals surface area contributed by atoms with Crippen LogP contribution in [0.3, 0.4) is 0 Å². The van der Waals surface area contributed by atoms with Crippen molar-refractivity contribution in [2.45, 2.75) is 16.8 Å². The molecule has 1 aliphatic heterocycles. The van der Waals surface area contributed by atoms with Crippen molar-refractivity contribution < 1.29 is 26.1 Å². The van der Waals surface area contributed by atoms with E-state index in [9.17, 15) is 26.4 Å². The van der Waals surface area contributed by atoms with Crippen molar-refractivity contribution in [2.75, 3.05) is 10.8 Å². The molecule has 4 aromatic rings. The second-order valence-corrected chi connectivity index (χ2v) is 10.5. The van der Waals surface area contributed by atoms with E-state index in [1.807, 2.05) is 0 Å². The highest BCUT2D eigenvalue weighted by Crippen LogP contribution is 2.39. The van der Waals surface area contributed by atoms with E-state index in [-0.39, 0.29) is 16.6 Å². The third-order valence-electron chi connectivity index (χ3n) is 5.28. The van der Waals surface area contributed by atoms with Crippen LogP contribution in [0, 0.1) is 0 Å². The molecular weight excluding hydrogens is 479 g/mol. The molecule has 0 fully saturated rings. The van der Waals surface area contributed by atoms with E-state index in [4.69, 9.17) is 0 Å². The standard InChI is InChI=1S/C21H14F3N3O4S2/c22-21(23,24)15-4-1-12(2-5-15)13-3-6-16-14(11-13)9-10-27(16)33(29,30)18-8-7-17(32-18)19-25-20(28)31-26-19/h1-8,11H,9-10H2,(H,25,26,28). The first-order valence-electron chi connectivity index (χ1n) is 9.62. The van der Waals surface area contributed by atoms with Crippen molar-refractivity contribution in [1.82, 2.24) is 10.1 Å². The third-order valence-corrected chi connectivity index (χ3v) is 8.65. The lowest BCUT2D eigenvalue weighted by Crippen LogP contribution is -2.28. The van der Waals surface area contributed by atoms with Gasteiger partial charge in [-0.25, -0.2) is 13.2 Å². The number of thiophene rings is 1. The van der Waals surface area contributed by atoms with Gasteiger partial charge in [0.2, 0.25) is 0 Å². The van der Waals surface area contributed by atoms with Crippen LogP contribution in [-0.2, 0) is 22.6 Å². The fraction of sp³-hybridized carbons (Fsp3) is 0.143. The molecule has 1 N–H and O–H groups in total. The van der Waals surface area contributed by atoms with Gasteiger partial charge in [-0.1, -0.05) is 23.4 Å². The van der Waals surface area contributed by atoms with Gasteiger partial charge < -0.3 is 0 Å². The van der Waals surface area contributed by atoms with Gasteiger partial charge in [0.15, 0.2) is 5.82 Å². The summed E-state index contributed by atoms with van der Waals surface area (Å²) >= 11 is 0.957. The number of rotatable bonds is 4. The predicted molar refractivity (Wildman–Crippen MR) is 116 cm³/mol. The third kappa shape index (κ3) is 3.85. The van der Waals surface area contributed by atoms with Gasteiger partial charge in [-0.3, -0.25) is 13.8 Å². The Bertz CT molecular complexity index is 1500. The van der Waals surface area contributed by atoms with Crippen LogP contribution in [0.2, 0.25) is 0 Å². The Morgan fingerprint density at radius 2 is 1.76 bits per heavy atom. The predicted octanol–water partition coefficient (Wildman–Crippen LogP) is 4.53. The highest BCUT2D eigenvalue weighted by Gasteiger charge is 2.33. The molecule has 0 amide bonds. The molecule has 2 aromatic carbocycles. The Labute approximate surface area is 189 Å². The Hall–Kier alpha value is -3.38. The van der Waals surface area contributed by atoms with E-state index in [2.05, 4.69) is 14.7 Å². The highest BCUT2D eigenvalue weighted by molar-refractivity contribution is 7.94. The molecule has 170 valence electrons. The molecule has 2 aromatic heterocycles. The zero-order valence-electron chi connectivity index (χ0n) is 16.6. The first-order chi connectivity index (χ1) is 15.6. The van der Waals surface area contributed by atoms with Crippen LogP contribution in [0.5, 0.6) is 0 Å². The molecule has 5 rings (SSSR count). The smallest absolute Gasteiger partial charge is 0.296 e. The van der Waals surface area contributed by atoms with Crippen LogP contribution in [0.4, 0.5) is 18.9 Å². The molecule has 0 spiro atoms. The normalized spacial score (nSPS) is 14.0. The van der Waals surface area contributed by atoms with Gasteiger partial charge in [0, 0.05) is 6.54 Å². The minimum absolute atomic E-state index is 0.0843. The van der Waals surface area contributed by atoms with E-state index in [0.29, 0.717) is 28.1 Å². The van der Waals surface area contributed by atoms with Crippen molar-refractivity contribution in [3.8, 4) is 21.8 Å². The zero-order chi connectivity index (χ0) is 23.4. The molecule has 0 unspecified atom stereocenters. The van der Waals surface area contributed by atoms with Gasteiger partial charge in [0.25, 0.3) is 10.0 Å². The molecule has 0 radical (unpaired) electrons. The number of hydrogen-bond acceptors (Lipinski definition) is 6. The van der Waals surface area contributed by atoms with E-state index >= 15 is 0 Å². The first-order valence-corrected chi connectivity index (χ1v) is 11.9. The summed E-state index contributed by atoms with van der Waals surface area (Å²) in [4.78, 5) is 14.0. The van der Waals surface area contributed by atoms with Crippen molar-refractivity contribution in [3.63, 3.8) is 0 Å². The van der Waals surface area contributed by atoms with Crippen LogP contribution >= 0.6 is 11.3 Å². The lowest BCUT2D eigenvalue weighted by Gasteiger charge is -2.18. The Balaban J connectivity index is 1.43. The number of benzene rings is 2. The maximum absolute atomic E-state index is 13.2. The molecule has 1 aliphatic rings. The van der Waals surface area contributed by atoms with Crippen molar-refractivity contribution in [2.24, 2.45) is 0 Å². The van der Waals surface area contributed by atoms with Gasteiger partial charge >= 0.3 is 11.9 Å². The second-order valence-electron chi connectivity index (χ2n) is 7.31. The Morgan fingerprint density at radius 3 is 2.42 bits per heavy atom. The minimum atomic E-state index is -4.41. The average molecular weight is 493 g/mol. The number of aromatic amines is 1. The monoisotopic (exact) mass is 493 g/mol. The molecular formula is C21H14F3N3O4S2. The molecule has 3 heterocycles. The number of nitrogens with zero attached hydrogens (tertiary/aromatic N) is 2. The number of anilines is 1. The molecule has 12 heteroatoms. The number of halogens is 3. The number of alkyl halides is 3. The number of fused-ring (bicyclic) bond motifs is 1. The van der Waals surface area contributed by atoms with Gasteiger partial charge in [-0.05, 0) is 59.5 Å². The van der Waals surface area contributed by atoms with Crippen LogP contribution in [-0.4, -0.2) is 25.1 Å². The first kappa shape index (κ1) is 21.5. The fourth-order valence-corrected chi connectivity index (χ4v) is 6.54. The van der Waals surface area contributed by atoms with Gasteiger partial charge in [-0.2, -0.15) is 13.2 Å². The number of nitrogens with one attached hydrogen (secondary N) is 1. The molecule has 7 nitrogen and oxygen atoms in total. The molecule has 33 heavy (non-hydrogen) atoms. The lowest BCUT2D eigenvalue weighted by molar-refractivity contribution is -0.137. The summed E-state index contributed by atoms with van der Waals surface area (Å²) in [6.45, 7) is 0.238. The highest BCUT2D eigenvalue weighted by atomic mass is 32.2. The lowest BCUT2D eigenvalue weighted by atomic mass is 10.0.